The molecule has 76 valence electrons. The number of carboxylic acids is 1. The molecule has 0 amide bonds. The number of hydrogen-bond donors (Lipinski definition) is 2. The fourth-order valence-electron chi connectivity index (χ4n) is 0.886. The molecule has 1 aromatic rings. The molecule has 0 spiro atoms. The van der Waals surface area contributed by atoms with E-state index in [1.807, 2.05) is 0 Å². The van der Waals surface area contributed by atoms with Crippen LogP contribution in [0.1, 0.15) is 5.56 Å². The van der Waals surface area contributed by atoms with Crippen LogP contribution < -0.4 is 5.73 Å². The van der Waals surface area contributed by atoms with Gasteiger partial charge in [-0.25, -0.2) is 8.78 Å². The highest BCUT2D eigenvalue weighted by Gasteiger charge is 2.20. The Morgan fingerprint density at radius 2 is 1.93 bits per heavy atom. The van der Waals surface area contributed by atoms with E-state index in [1.54, 1.807) is 0 Å². The van der Waals surface area contributed by atoms with Crippen LogP contribution in [0.15, 0.2) is 0 Å². The Bertz CT molecular complexity index is 369. The van der Waals surface area contributed by atoms with Crippen molar-refractivity contribution in [3.63, 3.8) is 0 Å². The fourth-order valence-corrected chi connectivity index (χ4v) is 0.886. The van der Waals surface area contributed by atoms with Gasteiger partial charge in [0.05, 0.1) is 6.42 Å². The van der Waals surface area contributed by atoms with Crippen molar-refractivity contribution < 1.29 is 23.1 Å². The van der Waals surface area contributed by atoms with Gasteiger partial charge in [0.25, 0.3) is 5.95 Å². The third-order valence-electron chi connectivity index (χ3n) is 1.48. The van der Waals surface area contributed by atoms with Crippen molar-refractivity contribution in [1.82, 2.24) is 4.98 Å². The largest absolute Gasteiger partial charge is 0.481 e. The van der Waals surface area contributed by atoms with Gasteiger partial charge in [-0.3, -0.25) is 4.79 Å². The summed E-state index contributed by atoms with van der Waals surface area (Å²) in [4.78, 5) is 12.9. The van der Waals surface area contributed by atoms with Crippen molar-refractivity contribution in [1.29, 1.82) is 0 Å². The van der Waals surface area contributed by atoms with Crippen molar-refractivity contribution in [3.05, 3.63) is 23.1 Å². The third-order valence-corrected chi connectivity index (χ3v) is 1.48. The predicted octanol–water partition coefficient (Wildman–Crippen LogP) is 0.708. The first kappa shape index (κ1) is 10.3. The molecule has 14 heavy (non-hydrogen) atoms. The third kappa shape index (κ3) is 1.76. The lowest BCUT2D eigenvalue weighted by Gasteiger charge is -2.04. The van der Waals surface area contributed by atoms with Gasteiger partial charge < -0.3 is 10.8 Å². The number of aromatic nitrogens is 1. The van der Waals surface area contributed by atoms with Crippen LogP contribution >= 0.6 is 0 Å². The Kier molecular flexibility index (Phi) is 2.59. The number of nitrogen functional groups attached to an aromatic ring is 1. The van der Waals surface area contributed by atoms with Gasteiger partial charge in [0.15, 0.2) is 17.5 Å². The van der Waals surface area contributed by atoms with Gasteiger partial charge in [-0.2, -0.15) is 9.37 Å². The number of nitrogens with two attached hydrogens (primary N) is 1. The van der Waals surface area contributed by atoms with Crippen LogP contribution in [-0.2, 0) is 11.2 Å². The van der Waals surface area contributed by atoms with Gasteiger partial charge in [0.1, 0.15) is 0 Å². The number of rotatable bonds is 2. The van der Waals surface area contributed by atoms with Crippen molar-refractivity contribution in [2.75, 3.05) is 5.73 Å². The maximum absolute atomic E-state index is 12.9. The van der Waals surface area contributed by atoms with E-state index in [9.17, 15) is 18.0 Å². The molecular weight excluding hydrogens is 201 g/mol. The summed E-state index contributed by atoms with van der Waals surface area (Å²) in [6, 6.07) is 0. The van der Waals surface area contributed by atoms with Crippen LogP contribution in [0.3, 0.4) is 0 Å². The summed E-state index contributed by atoms with van der Waals surface area (Å²) in [6.07, 6.45) is -0.985. The Morgan fingerprint density at radius 1 is 1.36 bits per heavy atom. The van der Waals surface area contributed by atoms with Gasteiger partial charge in [0, 0.05) is 5.56 Å². The lowest BCUT2D eigenvalue weighted by atomic mass is 10.1. The van der Waals surface area contributed by atoms with Crippen LogP contribution in [-0.4, -0.2) is 16.1 Å². The molecule has 0 radical (unpaired) electrons. The van der Waals surface area contributed by atoms with Crippen LogP contribution in [0.2, 0.25) is 0 Å². The summed E-state index contributed by atoms with van der Waals surface area (Å²) in [5, 5.41) is 8.28. The average molecular weight is 206 g/mol. The minimum absolute atomic E-state index is 0.861. The number of nitrogens with zero attached hydrogens (tertiary/aromatic N) is 1. The van der Waals surface area contributed by atoms with Crippen molar-refractivity contribution >= 4 is 11.8 Å². The zero-order chi connectivity index (χ0) is 10.9. The Hall–Kier alpha value is -1.79. The number of pyridine rings is 1. The smallest absolute Gasteiger partial charge is 0.308 e. The molecule has 0 aliphatic carbocycles. The van der Waals surface area contributed by atoms with E-state index in [4.69, 9.17) is 10.8 Å². The summed E-state index contributed by atoms with van der Waals surface area (Å²) in [5.41, 5.74) is 3.95. The monoisotopic (exact) mass is 206 g/mol. The molecule has 7 heteroatoms. The molecule has 4 nitrogen and oxygen atoms in total. The molecule has 0 fully saturated rings. The summed E-state index contributed by atoms with van der Waals surface area (Å²) >= 11 is 0. The quantitative estimate of drug-likeness (QED) is 0.698. The molecule has 1 aromatic heterocycles. The number of hydrogen-bond acceptors (Lipinski definition) is 3. The summed E-state index contributed by atoms with van der Waals surface area (Å²) in [7, 11) is 0. The molecule has 0 aromatic carbocycles. The van der Waals surface area contributed by atoms with Crippen LogP contribution in [0.4, 0.5) is 19.0 Å². The minimum Gasteiger partial charge on any atom is -0.481 e. The first-order chi connectivity index (χ1) is 6.43. The van der Waals surface area contributed by atoms with Gasteiger partial charge in [-0.15, -0.1) is 0 Å². The highest BCUT2D eigenvalue weighted by atomic mass is 19.2. The molecule has 0 aliphatic heterocycles. The zero-order valence-electron chi connectivity index (χ0n) is 6.72. The molecule has 0 saturated heterocycles. The van der Waals surface area contributed by atoms with Gasteiger partial charge in [-0.05, 0) is 0 Å². The summed E-state index contributed by atoms with van der Waals surface area (Å²) < 4.78 is 38.3. The molecular formula is C7H5F3N2O2. The van der Waals surface area contributed by atoms with Gasteiger partial charge in [-0.1, -0.05) is 0 Å². The minimum atomic E-state index is -1.63. The van der Waals surface area contributed by atoms with E-state index >= 15 is 0 Å². The second kappa shape index (κ2) is 3.52. The second-order valence-electron chi connectivity index (χ2n) is 2.46. The Morgan fingerprint density at radius 3 is 2.43 bits per heavy atom. The number of carbonyl (C=O) groups is 1. The molecule has 1 rings (SSSR count). The van der Waals surface area contributed by atoms with E-state index < -0.39 is 41.4 Å². The van der Waals surface area contributed by atoms with E-state index in [0.717, 1.165) is 0 Å². The number of carboxylic acid groups (broad SMARTS) is 1. The predicted molar refractivity (Wildman–Crippen MR) is 39.9 cm³/mol. The van der Waals surface area contributed by atoms with E-state index in [1.165, 1.54) is 0 Å². The van der Waals surface area contributed by atoms with Crippen molar-refractivity contribution in [2.24, 2.45) is 0 Å². The zero-order valence-corrected chi connectivity index (χ0v) is 6.72. The maximum atomic E-state index is 12.9. The normalized spacial score (nSPS) is 10.2. The summed E-state index contributed by atoms with van der Waals surface area (Å²) in [6.45, 7) is 0. The van der Waals surface area contributed by atoms with Crippen LogP contribution in [0, 0.1) is 17.6 Å². The maximum Gasteiger partial charge on any atom is 0.308 e. The Labute approximate surface area is 76.2 Å². The first-order valence-electron chi connectivity index (χ1n) is 3.44. The molecule has 0 atom stereocenters. The van der Waals surface area contributed by atoms with Gasteiger partial charge >= 0.3 is 5.97 Å². The lowest BCUT2D eigenvalue weighted by molar-refractivity contribution is -0.136. The van der Waals surface area contributed by atoms with Crippen LogP contribution in [0.25, 0.3) is 0 Å². The second-order valence-corrected chi connectivity index (χ2v) is 2.46. The standard InChI is InChI=1S/C7H5F3N2O2/c8-4-2(1-3(13)14)5(9)7(11)12-6(4)10/h1H2,(H2,11,12)(H,13,14). The van der Waals surface area contributed by atoms with Crippen molar-refractivity contribution in [3.8, 4) is 0 Å². The fraction of sp³-hybridized carbons (Fsp3) is 0.143. The van der Waals surface area contributed by atoms with E-state index in [2.05, 4.69) is 4.98 Å². The highest BCUT2D eigenvalue weighted by Crippen LogP contribution is 2.19. The number of halogens is 3. The highest BCUT2D eigenvalue weighted by molar-refractivity contribution is 5.70. The molecule has 0 bridgehead atoms. The van der Waals surface area contributed by atoms with Crippen LogP contribution in [0.5, 0.6) is 0 Å². The Balaban J connectivity index is 3.31. The lowest BCUT2D eigenvalue weighted by Crippen LogP contribution is -2.11. The molecule has 0 saturated carbocycles. The average Bonchev–Trinajstić information content (AvgIpc) is 2.09. The number of anilines is 1. The van der Waals surface area contributed by atoms with Gasteiger partial charge in [0.2, 0.25) is 0 Å². The molecule has 1 heterocycles. The SMILES string of the molecule is Nc1nc(F)c(F)c(CC(=O)O)c1F. The van der Waals surface area contributed by atoms with Crippen molar-refractivity contribution in [2.45, 2.75) is 6.42 Å². The summed E-state index contributed by atoms with van der Waals surface area (Å²) in [5.74, 6) is -6.93. The first-order valence-corrected chi connectivity index (χ1v) is 3.44. The number of aliphatic carboxylic acids is 1. The van der Waals surface area contributed by atoms with E-state index in [-0.39, 0.29) is 0 Å². The molecule has 0 aliphatic rings. The topological polar surface area (TPSA) is 76.2 Å². The molecule has 0 unspecified atom stereocenters. The molecule has 3 N–H and O–H groups in total. The van der Waals surface area contributed by atoms with E-state index in [0.29, 0.717) is 0 Å².